The largest absolute Gasteiger partial charge is 0.490 e. The Bertz CT molecular complexity index is 1670. The molecule has 0 saturated carbocycles. The molecule has 3 aromatic carbocycles. The molecule has 0 fully saturated rings. The van der Waals surface area contributed by atoms with Gasteiger partial charge in [0, 0.05) is 11.3 Å². The molecule has 7 nitrogen and oxygen atoms in total. The number of nitrogens with zero attached hydrogens (tertiary/aromatic N) is 1. The van der Waals surface area contributed by atoms with Crippen LogP contribution >= 0.6 is 0 Å². The minimum absolute atomic E-state index is 0.0163. The maximum Gasteiger partial charge on any atom is 0.295 e. The first kappa shape index (κ1) is 27.2. The van der Waals surface area contributed by atoms with E-state index in [9.17, 15) is 14.4 Å². The molecule has 1 aromatic heterocycles. The van der Waals surface area contributed by atoms with Crippen molar-refractivity contribution in [3.63, 3.8) is 0 Å². The third kappa shape index (κ3) is 4.76. The molecular weight excluding hydrogens is 506 g/mol. The Hall–Kier alpha value is -4.39. The van der Waals surface area contributed by atoms with E-state index in [1.54, 1.807) is 35.2 Å². The van der Waals surface area contributed by atoms with Crippen molar-refractivity contribution in [3.05, 3.63) is 98.4 Å². The number of hydrogen-bond donors (Lipinski definition) is 0. The predicted octanol–water partition coefficient (Wildman–Crippen LogP) is 6.94. The van der Waals surface area contributed by atoms with Crippen molar-refractivity contribution in [1.82, 2.24) is 0 Å². The Morgan fingerprint density at radius 3 is 2.33 bits per heavy atom. The van der Waals surface area contributed by atoms with Gasteiger partial charge in [-0.3, -0.25) is 19.3 Å². The van der Waals surface area contributed by atoms with E-state index in [1.807, 2.05) is 45.0 Å². The monoisotopic (exact) mass is 539 g/mol. The number of amides is 1. The fourth-order valence-corrected chi connectivity index (χ4v) is 5.08. The van der Waals surface area contributed by atoms with Gasteiger partial charge < -0.3 is 13.9 Å². The van der Waals surface area contributed by atoms with Gasteiger partial charge in [-0.05, 0) is 99.3 Å². The summed E-state index contributed by atoms with van der Waals surface area (Å²) in [5.41, 5.74) is 4.09. The summed E-state index contributed by atoms with van der Waals surface area (Å²) < 4.78 is 18.1. The highest BCUT2D eigenvalue weighted by molar-refractivity contribution is 6.11. The standard InChI is InChI=1S/C33H33NO6/c1-6-8-15-39-26-14-11-23(18-28(26)38-7-2)30-29-31(36)25-16-19(3)20(4)17-27(25)40-32(29)33(37)34(30)24-12-9-22(10-13-24)21(5)35/h9-14,16-18,30H,6-8,15H2,1-5H3. The van der Waals surface area contributed by atoms with E-state index >= 15 is 0 Å². The molecular formula is C33H33NO6. The van der Waals surface area contributed by atoms with Crippen molar-refractivity contribution in [3.8, 4) is 11.5 Å². The molecule has 0 spiro atoms. The van der Waals surface area contributed by atoms with Crippen LogP contribution in [0.5, 0.6) is 11.5 Å². The van der Waals surface area contributed by atoms with Crippen LogP contribution < -0.4 is 19.8 Å². The first-order valence-corrected chi connectivity index (χ1v) is 13.7. The Morgan fingerprint density at radius 1 is 0.925 bits per heavy atom. The van der Waals surface area contributed by atoms with Gasteiger partial charge in [-0.1, -0.05) is 19.4 Å². The summed E-state index contributed by atoms with van der Waals surface area (Å²) in [6.45, 7) is 10.4. The highest BCUT2D eigenvalue weighted by Crippen LogP contribution is 2.43. The molecule has 7 heteroatoms. The molecule has 0 N–H and O–H groups in total. The minimum Gasteiger partial charge on any atom is -0.490 e. The van der Waals surface area contributed by atoms with Crippen molar-refractivity contribution in [2.24, 2.45) is 0 Å². The first-order valence-electron chi connectivity index (χ1n) is 13.7. The zero-order valence-corrected chi connectivity index (χ0v) is 23.5. The lowest BCUT2D eigenvalue weighted by Crippen LogP contribution is -2.29. The normalized spacial score (nSPS) is 14.5. The fourth-order valence-electron chi connectivity index (χ4n) is 5.08. The minimum atomic E-state index is -0.767. The smallest absolute Gasteiger partial charge is 0.295 e. The fraction of sp³-hybridized carbons (Fsp3) is 0.303. The molecule has 40 heavy (non-hydrogen) atoms. The van der Waals surface area contributed by atoms with E-state index in [-0.39, 0.29) is 22.5 Å². The van der Waals surface area contributed by atoms with Gasteiger partial charge in [-0.15, -0.1) is 0 Å². The average Bonchev–Trinajstić information content (AvgIpc) is 3.23. The zero-order chi connectivity index (χ0) is 28.6. The second kappa shape index (κ2) is 11.0. The first-order chi connectivity index (χ1) is 19.2. The molecule has 1 aliphatic heterocycles. The highest BCUT2D eigenvalue weighted by Gasteiger charge is 2.44. The number of fused-ring (bicyclic) bond motifs is 2. The van der Waals surface area contributed by atoms with Crippen LogP contribution in [-0.4, -0.2) is 24.9 Å². The third-order valence-electron chi connectivity index (χ3n) is 7.38. The SMILES string of the molecule is CCCCOc1ccc(C2c3c(oc4cc(C)c(C)cc4c3=O)C(=O)N2c2ccc(C(C)=O)cc2)cc1OCC. The van der Waals surface area contributed by atoms with Crippen LogP contribution in [-0.2, 0) is 0 Å². The van der Waals surface area contributed by atoms with Crippen molar-refractivity contribution in [2.75, 3.05) is 18.1 Å². The summed E-state index contributed by atoms with van der Waals surface area (Å²) in [7, 11) is 0. The number of unbranched alkanes of at least 4 members (excludes halogenated alkanes) is 1. The van der Waals surface area contributed by atoms with E-state index in [1.165, 1.54) is 6.92 Å². The Morgan fingerprint density at radius 2 is 1.65 bits per heavy atom. The van der Waals surface area contributed by atoms with Crippen LogP contribution in [0, 0.1) is 13.8 Å². The lowest BCUT2D eigenvalue weighted by atomic mass is 9.96. The molecule has 5 rings (SSSR count). The van der Waals surface area contributed by atoms with E-state index in [0.717, 1.165) is 24.0 Å². The number of carbonyl (C=O) groups excluding carboxylic acids is 2. The van der Waals surface area contributed by atoms with Gasteiger partial charge in [0.25, 0.3) is 5.91 Å². The van der Waals surface area contributed by atoms with Gasteiger partial charge in [0.15, 0.2) is 22.7 Å². The van der Waals surface area contributed by atoms with Gasteiger partial charge in [0.05, 0.1) is 30.2 Å². The van der Waals surface area contributed by atoms with E-state index in [0.29, 0.717) is 52.5 Å². The maximum atomic E-state index is 14.0. The number of carbonyl (C=O) groups is 2. The van der Waals surface area contributed by atoms with E-state index in [2.05, 4.69) is 6.92 Å². The molecule has 2 heterocycles. The Labute approximate surface area is 233 Å². The molecule has 1 amide bonds. The number of ether oxygens (including phenoxy) is 2. The topological polar surface area (TPSA) is 86.0 Å². The van der Waals surface area contributed by atoms with Gasteiger partial charge >= 0.3 is 0 Å². The highest BCUT2D eigenvalue weighted by atomic mass is 16.5. The molecule has 1 unspecified atom stereocenters. The summed E-state index contributed by atoms with van der Waals surface area (Å²) in [4.78, 5) is 41.5. The average molecular weight is 540 g/mol. The molecule has 1 aliphatic rings. The molecule has 206 valence electrons. The summed E-state index contributed by atoms with van der Waals surface area (Å²) in [6, 6.07) is 15.2. The number of aryl methyl sites for hydroxylation is 2. The van der Waals surface area contributed by atoms with Crippen LogP contribution in [0.4, 0.5) is 5.69 Å². The Balaban J connectivity index is 1.72. The van der Waals surface area contributed by atoms with Crippen LogP contribution in [0.1, 0.15) is 82.8 Å². The summed E-state index contributed by atoms with van der Waals surface area (Å²) >= 11 is 0. The van der Waals surface area contributed by atoms with E-state index in [4.69, 9.17) is 13.9 Å². The van der Waals surface area contributed by atoms with E-state index < -0.39 is 11.9 Å². The number of benzene rings is 3. The second-order valence-electron chi connectivity index (χ2n) is 10.1. The number of ketones is 1. The number of Topliss-reactive ketones (excluding diaryl/α,β-unsaturated/α-hetero) is 1. The summed E-state index contributed by atoms with van der Waals surface area (Å²) in [5, 5.41) is 0.429. The second-order valence-corrected chi connectivity index (χ2v) is 10.1. The molecule has 1 atom stereocenters. The van der Waals surface area contributed by atoms with Crippen molar-refractivity contribution >= 4 is 28.3 Å². The number of rotatable bonds is 9. The number of hydrogen-bond acceptors (Lipinski definition) is 6. The lowest BCUT2D eigenvalue weighted by Gasteiger charge is -2.26. The summed E-state index contributed by atoms with van der Waals surface area (Å²) in [5.74, 6) is 0.669. The van der Waals surface area contributed by atoms with Crippen LogP contribution in [0.3, 0.4) is 0 Å². The summed E-state index contributed by atoms with van der Waals surface area (Å²) in [6.07, 6.45) is 1.91. The predicted molar refractivity (Wildman–Crippen MR) is 155 cm³/mol. The van der Waals surface area contributed by atoms with Crippen molar-refractivity contribution in [1.29, 1.82) is 0 Å². The molecule has 0 bridgehead atoms. The third-order valence-corrected chi connectivity index (χ3v) is 7.38. The molecule has 0 aliphatic carbocycles. The van der Waals surface area contributed by atoms with Gasteiger partial charge in [0.2, 0.25) is 5.76 Å². The van der Waals surface area contributed by atoms with Gasteiger partial charge in [-0.2, -0.15) is 0 Å². The van der Waals surface area contributed by atoms with Gasteiger partial charge in [0.1, 0.15) is 5.58 Å². The van der Waals surface area contributed by atoms with Crippen LogP contribution in [0.2, 0.25) is 0 Å². The molecule has 0 radical (unpaired) electrons. The van der Waals surface area contributed by atoms with Gasteiger partial charge in [-0.25, -0.2) is 0 Å². The van der Waals surface area contributed by atoms with Crippen LogP contribution in [0.15, 0.2) is 63.8 Å². The Kier molecular flexibility index (Phi) is 7.48. The quantitative estimate of drug-likeness (QED) is 0.169. The van der Waals surface area contributed by atoms with Crippen molar-refractivity contribution in [2.45, 2.75) is 53.5 Å². The van der Waals surface area contributed by atoms with Crippen LogP contribution in [0.25, 0.3) is 11.0 Å². The lowest BCUT2D eigenvalue weighted by molar-refractivity contribution is 0.0970. The maximum absolute atomic E-state index is 14.0. The molecule has 4 aromatic rings. The zero-order valence-electron chi connectivity index (χ0n) is 23.5. The molecule has 0 saturated heterocycles. The number of anilines is 1. The van der Waals surface area contributed by atoms with Crippen molar-refractivity contribution < 1.29 is 23.5 Å².